The maximum Gasteiger partial charge on any atom is 0.293 e. The number of carbonyl (C=O) groups excluding carboxylic acids is 1. The average molecular weight is 504 g/mol. The Morgan fingerprint density at radius 3 is 2.46 bits per heavy atom. The summed E-state index contributed by atoms with van der Waals surface area (Å²) in [4.78, 5) is 25.4. The molecule has 11 nitrogen and oxygen atoms in total. The standard InChI is InChI=1S/C23H29N5O6S/c29-23(18-1-3-19(4-2-18)27-11-9-24-10-12-27)26-35(32,33)20-5-6-21(22(15-20)28(30)31)25-16-17-7-13-34-14-8-17/h1-6,15,17,24-25H,7-14,16H2,(H,26,29). The second kappa shape index (κ2) is 11.0. The molecule has 0 saturated carbocycles. The Hall–Kier alpha value is -3.22. The summed E-state index contributed by atoms with van der Waals surface area (Å²) in [5, 5.41) is 17.9. The van der Waals surface area contributed by atoms with Gasteiger partial charge in [0.25, 0.3) is 21.6 Å². The van der Waals surface area contributed by atoms with Crippen molar-refractivity contribution < 1.29 is 22.9 Å². The number of ether oxygens (including phenoxy) is 1. The number of hydrogen-bond acceptors (Lipinski definition) is 9. The van der Waals surface area contributed by atoms with Crippen LogP contribution in [-0.2, 0) is 14.8 Å². The minimum Gasteiger partial charge on any atom is -0.381 e. The molecular formula is C23H29N5O6S. The van der Waals surface area contributed by atoms with E-state index in [1.165, 1.54) is 12.1 Å². The molecule has 2 aromatic rings. The number of carbonyl (C=O) groups is 1. The monoisotopic (exact) mass is 503 g/mol. The number of nitro groups is 1. The van der Waals surface area contributed by atoms with Gasteiger partial charge in [0.1, 0.15) is 5.69 Å². The number of rotatable bonds is 8. The molecule has 2 aromatic carbocycles. The first kappa shape index (κ1) is 24.9. The molecule has 2 aliphatic heterocycles. The van der Waals surface area contributed by atoms with E-state index in [9.17, 15) is 23.3 Å². The molecule has 0 aliphatic carbocycles. The number of piperazine rings is 1. The van der Waals surface area contributed by atoms with Gasteiger partial charge in [-0.2, -0.15) is 0 Å². The Morgan fingerprint density at radius 2 is 1.80 bits per heavy atom. The van der Waals surface area contributed by atoms with Crippen molar-refractivity contribution in [3.05, 3.63) is 58.1 Å². The first-order valence-corrected chi connectivity index (χ1v) is 13.0. The largest absolute Gasteiger partial charge is 0.381 e. The normalized spacial score (nSPS) is 17.1. The van der Waals surface area contributed by atoms with E-state index >= 15 is 0 Å². The van der Waals surface area contributed by atoms with Crippen LogP contribution in [0.3, 0.4) is 0 Å². The predicted octanol–water partition coefficient (Wildman–Crippen LogP) is 1.96. The van der Waals surface area contributed by atoms with Gasteiger partial charge in [0.05, 0.1) is 9.82 Å². The maximum absolute atomic E-state index is 12.8. The minimum atomic E-state index is -4.31. The van der Waals surface area contributed by atoms with Crippen molar-refractivity contribution in [2.45, 2.75) is 17.7 Å². The quantitative estimate of drug-likeness (QED) is 0.364. The third-order valence-corrected chi connectivity index (χ3v) is 7.57. The Morgan fingerprint density at radius 1 is 1.11 bits per heavy atom. The van der Waals surface area contributed by atoms with Gasteiger partial charge < -0.3 is 20.3 Å². The zero-order valence-corrected chi connectivity index (χ0v) is 20.1. The summed E-state index contributed by atoms with van der Waals surface area (Å²) in [6, 6.07) is 10.3. The van der Waals surface area contributed by atoms with Crippen LogP contribution in [0.25, 0.3) is 0 Å². The maximum atomic E-state index is 12.8. The molecule has 4 rings (SSSR count). The highest BCUT2D eigenvalue weighted by molar-refractivity contribution is 7.90. The van der Waals surface area contributed by atoms with Gasteiger partial charge in [-0.25, -0.2) is 13.1 Å². The number of sulfonamides is 1. The van der Waals surface area contributed by atoms with Crippen molar-refractivity contribution in [1.29, 1.82) is 0 Å². The van der Waals surface area contributed by atoms with E-state index in [0.717, 1.165) is 50.8 Å². The van der Waals surface area contributed by atoms with Gasteiger partial charge in [-0.05, 0) is 55.2 Å². The molecule has 0 spiro atoms. The van der Waals surface area contributed by atoms with Gasteiger partial charge >= 0.3 is 0 Å². The summed E-state index contributed by atoms with van der Waals surface area (Å²) in [5.41, 5.74) is 0.991. The lowest BCUT2D eigenvalue weighted by molar-refractivity contribution is -0.384. The molecule has 0 radical (unpaired) electrons. The Balaban J connectivity index is 1.44. The lowest BCUT2D eigenvalue weighted by Gasteiger charge is -2.29. The van der Waals surface area contributed by atoms with Crippen LogP contribution in [0.4, 0.5) is 17.1 Å². The fourth-order valence-corrected chi connectivity index (χ4v) is 5.16. The summed E-state index contributed by atoms with van der Waals surface area (Å²) in [6.45, 7) is 5.27. The number of nitro benzene ring substituents is 1. The second-order valence-corrected chi connectivity index (χ2v) is 10.3. The average Bonchev–Trinajstić information content (AvgIpc) is 2.88. The van der Waals surface area contributed by atoms with Crippen LogP contribution in [0, 0.1) is 16.0 Å². The number of nitrogens with one attached hydrogen (secondary N) is 3. The highest BCUT2D eigenvalue weighted by atomic mass is 32.2. The van der Waals surface area contributed by atoms with Crippen molar-refractivity contribution in [3.8, 4) is 0 Å². The molecule has 2 heterocycles. The van der Waals surface area contributed by atoms with E-state index < -0.39 is 20.9 Å². The van der Waals surface area contributed by atoms with E-state index in [-0.39, 0.29) is 21.8 Å². The van der Waals surface area contributed by atoms with Crippen LogP contribution in [0.1, 0.15) is 23.2 Å². The molecule has 0 atom stereocenters. The number of nitrogens with zero attached hydrogens (tertiary/aromatic N) is 2. The topological polar surface area (TPSA) is 143 Å². The van der Waals surface area contributed by atoms with E-state index in [1.54, 1.807) is 24.3 Å². The van der Waals surface area contributed by atoms with E-state index in [0.29, 0.717) is 25.7 Å². The third kappa shape index (κ3) is 6.27. The Bertz CT molecular complexity index is 1160. The summed E-state index contributed by atoms with van der Waals surface area (Å²) in [7, 11) is -4.31. The van der Waals surface area contributed by atoms with E-state index in [2.05, 4.69) is 15.5 Å². The summed E-state index contributed by atoms with van der Waals surface area (Å²) >= 11 is 0. The lowest BCUT2D eigenvalue weighted by atomic mass is 10.0. The molecule has 0 bridgehead atoms. The number of hydrogen-bond donors (Lipinski definition) is 3. The molecule has 2 fully saturated rings. The van der Waals surface area contributed by atoms with Gasteiger partial charge in [-0.1, -0.05) is 0 Å². The minimum absolute atomic E-state index is 0.178. The van der Waals surface area contributed by atoms with Gasteiger partial charge in [-0.15, -0.1) is 0 Å². The fourth-order valence-electron chi connectivity index (χ4n) is 4.17. The molecule has 0 aromatic heterocycles. The molecule has 3 N–H and O–H groups in total. The van der Waals surface area contributed by atoms with Crippen LogP contribution >= 0.6 is 0 Å². The zero-order valence-electron chi connectivity index (χ0n) is 19.2. The molecule has 35 heavy (non-hydrogen) atoms. The van der Waals surface area contributed by atoms with Gasteiger partial charge in [0, 0.05) is 63.3 Å². The Kier molecular flexibility index (Phi) is 7.83. The van der Waals surface area contributed by atoms with Gasteiger partial charge in [-0.3, -0.25) is 14.9 Å². The predicted molar refractivity (Wildman–Crippen MR) is 131 cm³/mol. The van der Waals surface area contributed by atoms with Crippen molar-refractivity contribution in [2.75, 3.05) is 56.2 Å². The summed E-state index contributed by atoms with van der Waals surface area (Å²) < 4.78 is 33.0. The summed E-state index contributed by atoms with van der Waals surface area (Å²) in [6.07, 6.45) is 1.71. The first-order chi connectivity index (χ1) is 16.8. The molecule has 2 saturated heterocycles. The molecule has 2 aliphatic rings. The van der Waals surface area contributed by atoms with Crippen molar-refractivity contribution in [3.63, 3.8) is 0 Å². The van der Waals surface area contributed by atoms with Crippen molar-refractivity contribution in [2.24, 2.45) is 5.92 Å². The highest BCUT2D eigenvalue weighted by Gasteiger charge is 2.24. The molecule has 12 heteroatoms. The van der Waals surface area contributed by atoms with Crippen molar-refractivity contribution in [1.82, 2.24) is 10.0 Å². The van der Waals surface area contributed by atoms with Crippen LogP contribution in [-0.4, -0.2) is 65.2 Å². The molecule has 1 amide bonds. The molecule has 0 unspecified atom stereocenters. The smallest absolute Gasteiger partial charge is 0.293 e. The molecular weight excluding hydrogens is 474 g/mol. The van der Waals surface area contributed by atoms with E-state index in [4.69, 9.17) is 4.74 Å². The number of anilines is 2. The van der Waals surface area contributed by atoms with Gasteiger partial charge in [0.15, 0.2) is 0 Å². The lowest BCUT2D eigenvalue weighted by Crippen LogP contribution is -2.43. The third-order valence-electron chi connectivity index (χ3n) is 6.24. The van der Waals surface area contributed by atoms with Crippen LogP contribution < -0.4 is 20.3 Å². The number of benzene rings is 2. The van der Waals surface area contributed by atoms with Crippen LogP contribution in [0.5, 0.6) is 0 Å². The van der Waals surface area contributed by atoms with E-state index in [1.807, 2.05) is 4.72 Å². The van der Waals surface area contributed by atoms with Gasteiger partial charge in [0.2, 0.25) is 0 Å². The van der Waals surface area contributed by atoms with Crippen LogP contribution in [0.2, 0.25) is 0 Å². The SMILES string of the molecule is O=C(NS(=O)(=O)c1ccc(NCC2CCOCC2)c([N+](=O)[O-])c1)c1ccc(N2CCNCC2)cc1. The first-order valence-electron chi connectivity index (χ1n) is 11.6. The number of amides is 1. The Labute approximate surface area is 204 Å². The molecule has 188 valence electrons. The van der Waals surface area contributed by atoms with Crippen LogP contribution in [0.15, 0.2) is 47.4 Å². The van der Waals surface area contributed by atoms with Crippen molar-refractivity contribution >= 4 is 33.0 Å². The fraction of sp³-hybridized carbons (Fsp3) is 0.435. The summed E-state index contributed by atoms with van der Waals surface area (Å²) in [5.74, 6) is -0.481. The zero-order chi connectivity index (χ0) is 24.8. The second-order valence-electron chi connectivity index (χ2n) is 8.59. The highest BCUT2D eigenvalue weighted by Crippen LogP contribution is 2.28.